The van der Waals surface area contributed by atoms with Crippen LogP contribution in [0.25, 0.3) is 0 Å². The van der Waals surface area contributed by atoms with Crippen molar-refractivity contribution in [3.8, 4) is 0 Å². The standard InChI is InChI=1S/C16H28N2O2S/c1-7-8-16(4,5)18-21(19,20)15-10-14(11-17-6)9-12(2)13(15)3/h9-10,17-18H,7-8,11H2,1-6H3. The van der Waals surface area contributed by atoms with Gasteiger partial charge in [0, 0.05) is 12.1 Å². The number of sulfonamides is 1. The zero-order valence-corrected chi connectivity index (χ0v) is 14.8. The van der Waals surface area contributed by atoms with E-state index in [0.29, 0.717) is 11.4 Å². The first kappa shape index (κ1) is 18.1. The number of rotatable bonds is 7. The van der Waals surface area contributed by atoms with Crippen molar-refractivity contribution < 1.29 is 8.42 Å². The van der Waals surface area contributed by atoms with E-state index in [-0.39, 0.29) is 0 Å². The van der Waals surface area contributed by atoms with Crippen LogP contribution in [0.1, 0.15) is 50.3 Å². The van der Waals surface area contributed by atoms with Gasteiger partial charge >= 0.3 is 0 Å². The summed E-state index contributed by atoms with van der Waals surface area (Å²) in [4.78, 5) is 0.386. The smallest absolute Gasteiger partial charge is 0.241 e. The fourth-order valence-corrected chi connectivity index (χ4v) is 4.39. The van der Waals surface area contributed by atoms with Gasteiger partial charge in [0.15, 0.2) is 0 Å². The highest BCUT2D eigenvalue weighted by Gasteiger charge is 2.27. The predicted molar refractivity (Wildman–Crippen MR) is 88.0 cm³/mol. The lowest BCUT2D eigenvalue weighted by Gasteiger charge is -2.26. The summed E-state index contributed by atoms with van der Waals surface area (Å²) in [6.45, 7) is 10.4. The largest absolute Gasteiger partial charge is 0.316 e. The quantitative estimate of drug-likeness (QED) is 0.814. The number of nitrogens with one attached hydrogen (secondary N) is 2. The van der Waals surface area contributed by atoms with Gasteiger partial charge in [-0.15, -0.1) is 0 Å². The molecule has 0 aromatic heterocycles. The summed E-state index contributed by atoms with van der Waals surface area (Å²) in [7, 11) is -1.66. The Morgan fingerprint density at radius 3 is 2.33 bits per heavy atom. The maximum Gasteiger partial charge on any atom is 0.241 e. The summed E-state index contributed by atoms with van der Waals surface area (Å²) >= 11 is 0. The minimum absolute atomic E-state index is 0.386. The molecule has 0 heterocycles. The fourth-order valence-electron chi connectivity index (χ4n) is 2.58. The van der Waals surface area contributed by atoms with E-state index >= 15 is 0 Å². The molecule has 0 bridgehead atoms. The second-order valence-corrected chi connectivity index (χ2v) is 7.96. The molecule has 0 atom stereocenters. The molecule has 1 rings (SSSR count). The summed E-state index contributed by atoms with van der Waals surface area (Å²) in [6.07, 6.45) is 1.74. The molecule has 2 N–H and O–H groups in total. The zero-order valence-electron chi connectivity index (χ0n) is 14.0. The number of hydrogen-bond acceptors (Lipinski definition) is 3. The Bertz CT molecular complexity index is 593. The average Bonchev–Trinajstić information content (AvgIpc) is 2.32. The normalized spacial score (nSPS) is 12.7. The summed E-state index contributed by atoms with van der Waals surface area (Å²) in [6, 6.07) is 3.80. The van der Waals surface area contributed by atoms with Crippen LogP contribution < -0.4 is 10.0 Å². The SMILES string of the molecule is CCCC(C)(C)NS(=O)(=O)c1cc(CNC)cc(C)c1C. The Morgan fingerprint density at radius 1 is 1.19 bits per heavy atom. The fraction of sp³-hybridized carbons (Fsp3) is 0.625. The Labute approximate surface area is 129 Å². The first-order valence-corrected chi connectivity index (χ1v) is 8.90. The summed E-state index contributed by atoms with van der Waals surface area (Å²) in [5, 5.41) is 3.06. The third kappa shape index (κ3) is 4.80. The highest BCUT2D eigenvalue weighted by atomic mass is 32.2. The predicted octanol–water partition coefficient (Wildman–Crippen LogP) is 2.88. The molecule has 0 unspecified atom stereocenters. The molecule has 0 radical (unpaired) electrons. The molecule has 0 saturated heterocycles. The van der Waals surface area contributed by atoms with Crippen LogP contribution in [0.4, 0.5) is 0 Å². The molecule has 1 aromatic carbocycles. The minimum atomic E-state index is -3.51. The molecule has 0 aliphatic heterocycles. The number of aryl methyl sites for hydroxylation is 1. The monoisotopic (exact) mass is 312 g/mol. The van der Waals surface area contributed by atoms with Gasteiger partial charge in [-0.05, 0) is 63.9 Å². The lowest BCUT2D eigenvalue weighted by Crippen LogP contribution is -2.43. The van der Waals surface area contributed by atoms with Crippen LogP contribution in [0.15, 0.2) is 17.0 Å². The number of benzene rings is 1. The molecule has 0 aliphatic rings. The van der Waals surface area contributed by atoms with Crippen molar-refractivity contribution in [2.75, 3.05) is 7.05 Å². The summed E-state index contributed by atoms with van der Waals surface area (Å²) < 4.78 is 28.3. The third-order valence-electron chi connectivity index (χ3n) is 3.64. The molecular formula is C16H28N2O2S. The highest BCUT2D eigenvalue weighted by molar-refractivity contribution is 7.89. The van der Waals surface area contributed by atoms with Crippen LogP contribution in [0.2, 0.25) is 0 Å². The molecule has 0 saturated carbocycles. The molecule has 0 spiro atoms. The molecule has 5 heteroatoms. The van der Waals surface area contributed by atoms with Crippen molar-refractivity contribution in [1.29, 1.82) is 0 Å². The minimum Gasteiger partial charge on any atom is -0.316 e. The molecule has 0 amide bonds. The van der Waals surface area contributed by atoms with Crippen LogP contribution >= 0.6 is 0 Å². The van der Waals surface area contributed by atoms with E-state index in [4.69, 9.17) is 0 Å². The van der Waals surface area contributed by atoms with Gasteiger partial charge in [-0.25, -0.2) is 13.1 Å². The first-order chi connectivity index (χ1) is 9.63. The van der Waals surface area contributed by atoms with Gasteiger partial charge in [0.2, 0.25) is 10.0 Å². The zero-order chi connectivity index (χ0) is 16.3. The van der Waals surface area contributed by atoms with Crippen LogP contribution in [0.5, 0.6) is 0 Å². The molecule has 21 heavy (non-hydrogen) atoms. The van der Waals surface area contributed by atoms with Crippen LogP contribution in [0, 0.1) is 13.8 Å². The Hall–Kier alpha value is -0.910. The second kappa shape index (κ2) is 6.90. The number of hydrogen-bond donors (Lipinski definition) is 2. The van der Waals surface area contributed by atoms with E-state index in [1.54, 1.807) is 6.07 Å². The second-order valence-electron chi connectivity index (χ2n) is 6.31. The molecule has 0 fully saturated rings. The van der Waals surface area contributed by atoms with Crippen molar-refractivity contribution in [2.24, 2.45) is 0 Å². The van der Waals surface area contributed by atoms with Crippen LogP contribution in [0.3, 0.4) is 0 Å². The molecule has 0 aliphatic carbocycles. The molecular weight excluding hydrogens is 284 g/mol. The van der Waals surface area contributed by atoms with Crippen LogP contribution in [-0.4, -0.2) is 21.0 Å². The van der Waals surface area contributed by atoms with E-state index in [2.05, 4.69) is 17.0 Å². The lowest BCUT2D eigenvalue weighted by molar-refractivity contribution is 0.417. The van der Waals surface area contributed by atoms with Crippen molar-refractivity contribution in [3.63, 3.8) is 0 Å². The van der Waals surface area contributed by atoms with E-state index in [1.807, 2.05) is 40.8 Å². The van der Waals surface area contributed by atoms with Crippen molar-refractivity contribution in [2.45, 2.75) is 64.4 Å². The maximum absolute atomic E-state index is 12.7. The first-order valence-electron chi connectivity index (χ1n) is 7.41. The third-order valence-corrected chi connectivity index (χ3v) is 5.46. The Morgan fingerprint density at radius 2 is 1.81 bits per heavy atom. The topological polar surface area (TPSA) is 58.2 Å². The van der Waals surface area contributed by atoms with Gasteiger partial charge in [0.25, 0.3) is 0 Å². The van der Waals surface area contributed by atoms with Crippen molar-refractivity contribution >= 4 is 10.0 Å². The van der Waals surface area contributed by atoms with Gasteiger partial charge in [0.05, 0.1) is 4.90 Å². The summed E-state index contributed by atoms with van der Waals surface area (Å²) in [5.41, 5.74) is 2.35. The van der Waals surface area contributed by atoms with Gasteiger partial charge in [-0.3, -0.25) is 0 Å². The molecule has 4 nitrogen and oxygen atoms in total. The van der Waals surface area contributed by atoms with Gasteiger partial charge < -0.3 is 5.32 Å². The van der Waals surface area contributed by atoms with Gasteiger partial charge in [-0.1, -0.05) is 19.4 Å². The van der Waals surface area contributed by atoms with E-state index in [0.717, 1.165) is 29.5 Å². The highest BCUT2D eigenvalue weighted by Crippen LogP contribution is 2.23. The van der Waals surface area contributed by atoms with Crippen LogP contribution in [-0.2, 0) is 16.6 Å². The van der Waals surface area contributed by atoms with E-state index in [1.165, 1.54) is 0 Å². The van der Waals surface area contributed by atoms with E-state index < -0.39 is 15.6 Å². The maximum atomic E-state index is 12.7. The lowest BCUT2D eigenvalue weighted by atomic mass is 10.0. The summed E-state index contributed by atoms with van der Waals surface area (Å²) in [5.74, 6) is 0. The van der Waals surface area contributed by atoms with Gasteiger partial charge in [-0.2, -0.15) is 0 Å². The Balaban J connectivity index is 3.24. The van der Waals surface area contributed by atoms with Gasteiger partial charge in [0.1, 0.15) is 0 Å². The Kier molecular flexibility index (Phi) is 5.96. The molecule has 120 valence electrons. The average molecular weight is 312 g/mol. The van der Waals surface area contributed by atoms with E-state index in [9.17, 15) is 8.42 Å². The van der Waals surface area contributed by atoms with Crippen molar-refractivity contribution in [1.82, 2.24) is 10.0 Å². The van der Waals surface area contributed by atoms with Crippen molar-refractivity contribution in [3.05, 3.63) is 28.8 Å². The molecule has 1 aromatic rings.